The fraction of sp³-hybridized carbons (Fsp3) is 0.250. The Morgan fingerprint density at radius 2 is 1.91 bits per heavy atom. The minimum absolute atomic E-state index is 0.139. The second-order valence-corrected chi connectivity index (χ2v) is 7.92. The van der Waals surface area contributed by atoms with E-state index in [2.05, 4.69) is 4.72 Å². The average molecular weight is 372 g/mol. The Labute approximate surface area is 146 Å². The molecule has 0 unspecified atom stereocenters. The number of hydrogen-bond donors (Lipinski definition) is 1. The van der Waals surface area contributed by atoms with Gasteiger partial charge in [0.25, 0.3) is 10.0 Å². The molecule has 4 nitrogen and oxygen atoms in total. The molecule has 0 bridgehead atoms. The summed E-state index contributed by atoms with van der Waals surface area (Å²) < 4.78 is 32.4. The topological polar surface area (TPSA) is 55.4 Å². The Balaban J connectivity index is 2.00. The number of thioether (sulfide) groups is 1. The summed E-state index contributed by atoms with van der Waals surface area (Å²) in [6.07, 6.45) is 0. The zero-order valence-corrected chi connectivity index (χ0v) is 15.0. The number of anilines is 1. The summed E-state index contributed by atoms with van der Waals surface area (Å²) in [5, 5.41) is 0.383. The summed E-state index contributed by atoms with van der Waals surface area (Å²) >= 11 is 7.51. The largest absolute Gasteiger partial charge is 0.381 e. The number of sulfonamides is 1. The SMILES string of the molecule is CCOCCSc1ccc(NS(=O)(=O)c2cccc(Cl)c2)cc1. The summed E-state index contributed by atoms with van der Waals surface area (Å²) in [5.74, 6) is 0.863. The second kappa shape index (κ2) is 8.59. The molecule has 0 fully saturated rings. The van der Waals surface area contributed by atoms with Crippen molar-refractivity contribution in [1.29, 1.82) is 0 Å². The molecule has 0 aliphatic rings. The van der Waals surface area contributed by atoms with Gasteiger partial charge in [0.15, 0.2) is 0 Å². The molecule has 0 aromatic heterocycles. The average Bonchev–Trinajstić information content (AvgIpc) is 2.53. The van der Waals surface area contributed by atoms with Gasteiger partial charge in [-0.15, -0.1) is 11.8 Å². The Hall–Kier alpha value is -1.21. The smallest absolute Gasteiger partial charge is 0.261 e. The summed E-state index contributed by atoms with van der Waals surface area (Å²) in [4.78, 5) is 1.20. The molecule has 0 aliphatic carbocycles. The number of benzene rings is 2. The third-order valence-electron chi connectivity index (χ3n) is 2.91. The molecule has 0 aliphatic heterocycles. The van der Waals surface area contributed by atoms with Crippen molar-refractivity contribution in [3.8, 4) is 0 Å². The lowest BCUT2D eigenvalue weighted by Crippen LogP contribution is -2.12. The van der Waals surface area contributed by atoms with Crippen LogP contribution in [0.25, 0.3) is 0 Å². The predicted molar refractivity (Wildman–Crippen MR) is 95.9 cm³/mol. The molecular weight excluding hydrogens is 354 g/mol. The Bertz CT molecular complexity index is 733. The summed E-state index contributed by atoms with van der Waals surface area (Å²) in [7, 11) is -3.63. The molecule has 23 heavy (non-hydrogen) atoms. The van der Waals surface area contributed by atoms with Gasteiger partial charge in [0.1, 0.15) is 0 Å². The van der Waals surface area contributed by atoms with Crippen LogP contribution in [-0.4, -0.2) is 27.4 Å². The highest BCUT2D eigenvalue weighted by Gasteiger charge is 2.14. The maximum absolute atomic E-state index is 12.3. The van der Waals surface area contributed by atoms with E-state index in [0.717, 1.165) is 10.6 Å². The Morgan fingerprint density at radius 3 is 2.57 bits per heavy atom. The summed E-state index contributed by atoms with van der Waals surface area (Å²) in [6.45, 7) is 3.38. The monoisotopic (exact) mass is 371 g/mol. The molecule has 0 saturated carbocycles. The van der Waals surface area contributed by atoms with Gasteiger partial charge in [0.05, 0.1) is 11.5 Å². The van der Waals surface area contributed by atoms with E-state index in [0.29, 0.717) is 23.9 Å². The molecule has 0 radical (unpaired) electrons. The molecule has 2 aromatic rings. The van der Waals surface area contributed by atoms with E-state index in [1.807, 2.05) is 19.1 Å². The van der Waals surface area contributed by atoms with Crippen LogP contribution in [0.15, 0.2) is 58.3 Å². The van der Waals surface area contributed by atoms with Crippen LogP contribution < -0.4 is 4.72 Å². The number of hydrogen-bond acceptors (Lipinski definition) is 4. The molecule has 2 rings (SSSR count). The molecule has 7 heteroatoms. The molecular formula is C16H18ClNO3S2. The zero-order valence-electron chi connectivity index (χ0n) is 12.7. The Morgan fingerprint density at radius 1 is 1.17 bits per heavy atom. The van der Waals surface area contributed by atoms with Gasteiger partial charge in [-0.1, -0.05) is 17.7 Å². The van der Waals surface area contributed by atoms with Gasteiger partial charge in [-0.3, -0.25) is 4.72 Å². The number of rotatable bonds is 8. The van der Waals surface area contributed by atoms with Crippen LogP contribution in [-0.2, 0) is 14.8 Å². The first-order chi connectivity index (χ1) is 11.0. The van der Waals surface area contributed by atoms with Crippen LogP contribution >= 0.6 is 23.4 Å². The first-order valence-corrected chi connectivity index (χ1v) is 9.95. The van der Waals surface area contributed by atoms with E-state index in [1.54, 1.807) is 36.0 Å². The first kappa shape index (κ1) is 18.1. The van der Waals surface area contributed by atoms with Crippen molar-refractivity contribution in [1.82, 2.24) is 0 Å². The molecule has 1 N–H and O–H groups in total. The van der Waals surface area contributed by atoms with E-state index < -0.39 is 10.0 Å². The van der Waals surface area contributed by atoms with Gasteiger partial charge in [-0.2, -0.15) is 0 Å². The van der Waals surface area contributed by atoms with Crippen LogP contribution in [0.2, 0.25) is 5.02 Å². The first-order valence-electron chi connectivity index (χ1n) is 7.10. The van der Waals surface area contributed by atoms with Crippen molar-refractivity contribution in [3.63, 3.8) is 0 Å². The van der Waals surface area contributed by atoms with Gasteiger partial charge in [-0.05, 0) is 49.4 Å². The third-order valence-corrected chi connectivity index (χ3v) is 5.50. The van der Waals surface area contributed by atoms with E-state index >= 15 is 0 Å². The van der Waals surface area contributed by atoms with Gasteiger partial charge < -0.3 is 4.74 Å². The van der Waals surface area contributed by atoms with Crippen molar-refractivity contribution >= 4 is 39.1 Å². The van der Waals surface area contributed by atoms with E-state index in [1.165, 1.54) is 12.1 Å². The quantitative estimate of drug-likeness (QED) is 0.556. The van der Waals surface area contributed by atoms with Gasteiger partial charge in [-0.25, -0.2) is 8.42 Å². The Kier molecular flexibility index (Phi) is 6.77. The van der Waals surface area contributed by atoms with Crippen LogP contribution in [0, 0.1) is 0 Å². The molecule has 2 aromatic carbocycles. The molecule has 0 heterocycles. The third kappa shape index (κ3) is 5.73. The van der Waals surface area contributed by atoms with Gasteiger partial charge in [0, 0.05) is 28.0 Å². The van der Waals surface area contributed by atoms with Gasteiger partial charge in [0.2, 0.25) is 0 Å². The lowest BCUT2D eigenvalue weighted by Gasteiger charge is -2.09. The van der Waals surface area contributed by atoms with Crippen LogP contribution in [0.3, 0.4) is 0 Å². The van der Waals surface area contributed by atoms with Crippen molar-refractivity contribution in [2.75, 3.05) is 23.7 Å². The summed E-state index contributed by atoms with van der Waals surface area (Å²) in [5.41, 5.74) is 0.513. The molecule has 124 valence electrons. The zero-order chi connectivity index (χ0) is 16.7. The molecule has 0 saturated heterocycles. The maximum Gasteiger partial charge on any atom is 0.261 e. The standard InChI is InChI=1S/C16H18ClNO3S2/c1-2-21-10-11-22-15-8-6-14(7-9-15)18-23(19,20)16-5-3-4-13(17)12-16/h3-9,12,18H,2,10-11H2,1H3. The minimum atomic E-state index is -3.63. The van der Waals surface area contributed by atoms with Crippen molar-refractivity contribution in [2.45, 2.75) is 16.7 Å². The molecule has 0 amide bonds. The van der Waals surface area contributed by atoms with Crippen LogP contribution in [0.4, 0.5) is 5.69 Å². The maximum atomic E-state index is 12.3. The predicted octanol–water partition coefficient (Wildman–Crippen LogP) is 4.27. The molecule has 0 atom stereocenters. The van der Waals surface area contributed by atoms with E-state index in [4.69, 9.17) is 16.3 Å². The highest BCUT2D eigenvalue weighted by molar-refractivity contribution is 7.99. The minimum Gasteiger partial charge on any atom is -0.381 e. The van der Waals surface area contributed by atoms with Crippen LogP contribution in [0.5, 0.6) is 0 Å². The van der Waals surface area contributed by atoms with Gasteiger partial charge >= 0.3 is 0 Å². The number of halogens is 1. The fourth-order valence-electron chi connectivity index (χ4n) is 1.83. The van der Waals surface area contributed by atoms with Crippen molar-refractivity contribution < 1.29 is 13.2 Å². The van der Waals surface area contributed by atoms with Crippen LogP contribution in [0.1, 0.15) is 6.92 Å². The lowest BCUT2D eigenvalue weighted by atomic mass is 10.3. The second-order valence-electron chi connectivity index (χ2n) is 4.63. The van der Waals surface area contributed by atoms with E-state index in [9.17, 15) is 8.42 Å². The number of nitrogens with one attached hydrogen (secondary N) is 1. The molecule has 0 spiro atoms. The highest BCUT2D eigenvalue weighted by atomic mass is 35.5. The van der Waals surface area contributed by atoms with E-state index in [-0.39, 0.29) is 4.90 Å². The fourth-order valence-corrected chi connectivity index (χ4v) is 3.95. The summed E-state index contributed by atoms with van der Waals surface area (Å²) in [6, 6.07) is 13.4. The highest BCUT2D eigenvalue weighted by Crippen LogP contribution is 2.23. The normalized spacial score (nSPS) is 11.4. The van der Waals surface area contributed by atoms with Crippen molar-refractivity contribution in [3.05, 3.63) is 53.6 Å². The van der Waals surface area contributed by atoms with Crippen molar-refractivity contribution in [2.24, 2.45) is 0 Å². The lowest BCUT2D eigenvalue weighted by molar-refractivity contribution is 0.164. The number of ether oxygens (including phenoxy) is 1.